The van der Waals surface area contributed by atoms with Gasteiger partial charge in [0.25, 0.3) is 0 Å². The molecule has 4 heteroatoms. The van der Waals surface area contributed by atoms with Crippen LogP contribution in [-0.2, 0) is 13.0 Å². The molecule has 20 heavy (non-hydrogen) atoms. The summed E-state index contributed by atoms with van der Waals surface area (Å²) in [4.78, 5) is 6.13. The fraction of sp³-hybridized carbons (Fsp3) is 0.312. The molecule has 2 rings (SSSR count). The van der Waals surface area contributed by atoms with Gasteiger partial charge in [0.05, 0.1) is 12.3 Å². The number of para-hydroxylation sites is 1. The van der Waals surface area contributed by atoms with Crippen LogP contribution in [0.4, 0.5) is 5.69 Å². The molecule has 0 amide bonds. The molecule has 0 unspecified atom stereocenters. The maximum absolute atomic E-state index is 10.2. The van der Waals surface area contributed by atoms with Gasteiger partial charge in [-0.2, -0.15) is 0 Å². The monoisotopic (exact) mass is 272 g/mol. The van der Waals surface area contributed by atoms with Gasteiger partial charge in [0.1, 0.15) is 5.75 Å². The van der Waals surface area contributed by atoms with E-state index in [1.165, 1.54) is 0 Å². The Morgan fingerprint density at radius 3 is 2.50 bits per heavy atom. The molecular weight excluding hydrogens is 252 g/mol. The fourth-order valence-electron chi connectivity index (χ4n) is 2.30. The maximum atomic E-state index is 10.2. The predicted molar refractivity (Wildman–Crippen MR) is 80.1 cm³/mol. The molecule has 2 aromatic rings. The summed E-state index contributed by atoms with van der Waals surface area (Å²) in [7, 11) is 3.98. The van der Waals surface area contributed by atoms with Gasteiger partial charge >= 0.3 is 0 Å². The van der Waals surface area contributed by atoms with Crippen molar-refractivity contribution in [2.45, 2.75) is 20.0 Å². The van der Waals surface area contributed by atoms with E-state index in [0.29, 0.717) is 17.7 Å². The van der Waals surface area contributed by atoms with Crippen LogP contribution in [0.1, 0.15) is 22.4 Å². The number of aliphatic hydroxyl groups excluding tert-OH is 1. The summed E-state index contributed by atoms with van der Waals surface area (Å²) < 4.78 is 0. The van der Waals surface area contributed by atoms with Crippen molar-refractivity contribution in [1.29, 1.82) is 0 Å². The molecule has 106 valence electrons. The summed E-state index contributed by atoms with van der Waals surface area (Å²) in [5.41, 5.74) is 4.20. The molecule has 0 fully saturated rings. The van der Waals surface area contributed by atoms with Crippen molar-refractivity contribution in [3.8, 4) is 5.75 Å². The minimum absolute atomic E-state index is 0.125. The number of anilines is 1. The molecule has 0 saturated heterocycles. The van der Waals surface area contributed by atoms with Gasteiger partial charge < -0.3 is 15.1 Å². The van der Waals surface area contributed by atoms with Crippen LogP contribution in [0.25, 0.3) is 0 Å². The Balaban J connectivity index is 2.47. The van der Waals surface area contributed by atoms with Gasteiger partial charge in [0, 0.05) is 43.5 Å². The van der Waals surface area contributed by atoms with Crippen molar-refractivity contribution in [3.63, 3.8) is 0 Å². The number of pyridine rings is 1. The van der Waals surface area contributed by atoms with Gasteiger partial charge in [-0.15, -0.1) is 0 Å². The highest BCUT2D eigenvalue weighted by Gasteiger charge is 2.14. The Morgan fingerprint density at radius 2 is 1.85 bits per heavy atom. The first kappa shape index (κ1) is 14.3. The molecule has 0 atom stereocenters. The van der Waals surface area contributed by atoms with Crippen molar-refractivity contribution in [2.24, 2.45) is 0 Å². The lowest BCUT2D eigenvalue weighted by Gasteiger charge is -2.19. The van der Waals surface area contributed by atoms with Gasteiger partial charge in [-0.25, -0.2) is 0 Å². The SMILES string of the molecule is Cc1ncc(CO)c(Cc2ccccc2N(C)C)c1O. The third-order valence-corrected chi connectivity index (χ3v) is 3.44. The fourth-order valence-corrected chi connectivity index (χ4v) is 2.30. The van der Waals surface area contributed by atoms with Gasteiger partial charge in [-0.1, -0.05) is 18.2 Å². The second-order valence-electron chi connectivity index (χ2n) is 5.05. The number of aryl methyl sites for hydroxylation is 1. The second-order valence-corrected chi connectivity index (χ2v) is 5.05. The van der Waals surface area contributed by atoms with E-state index in [-0.39, 0.29) is 12.4 Å². The van der Waals surface area contributed by atoms with Crippen LogP contribution in [0, 0.1) is 6.92 Å². The molecule has 0 spiro atoms. The van der Waals surface area contributed by atoms with Gasteiger partial charge in [-0.3, -0.25) is 4.98 Å². The Bertz CT molecular complexity index is 609. The first-order valence-electron chi connectivity index (χ1n) is 6.57. The number of aliphatic hydroxyl groups is 1. The molecule has 1 aromatic heterocycles. The number of aromatic nitrogens is 1. The van der Waals surface area contributed by atoms with Gasteiger partial charge in [0.15, 0.2) is 0 Å². The Labute approximate surface area is 119 Å². The topological polar surface area (TPSA) is 56.6 Å². The van der Waals surface area contributed by atoms with Crippen LogP contribution in [0.5, 0.6) is 5.75 Å². The minimum Gasteiger partial charge on any atom is -0.506 e. The number of hydrogen-bond donors (Lipinski definition) is 2. The van der Waals surface area contributed by atoms with E-state index in [9.17, 15) is 10.2 Å². The van der Waals surface area contributed by atoms with Crippen LogP contribution in [0.3, 0.4) is 0 Å². The summed E-state index contributed by atoms with van der Waals surface area (Å²) in [6.07, 6.45) is 2.20. The smallest absolute Gasteiger partial charge is 0.140 e. The van der Waals surface area contributed by atoms with Crippen LogP contribution in [-0.4, -0.2) is 29.3 Å². The summed E-state index contributed by atoms with van der Waals surface area (Å²) >= 11 is 0. The zero-order chi connectivity index (χ0) is 14.7. The summed E-state index contributed by atoms with van der Waals surface area (Å²) in [6.45, 7) is 1.64. The summed E-state index contributed by atoms with van der Waals surface area (Å²) in [6, 6.07) is 8.04. The lowest BCUT2D eigenvalue weighted by molar-refractivity contribution is 0.279. The number of aromatic hydroxyl groups is 1. The van der Waals surface area contributed by atoms with Crippen molar-refractivity contribution in [3.05, 3.63) is 52.8 Å². The third kappa shape index (κ3) is 2.75. The molecule has 0 aliphatic heterocycles. The van der Waals surface area contributed by atoms with E-state index >= 15 is 0 Å². The van der Waals surface area contributed by atoms with Crippen LogP contribution < -0.4 is 4.90 Å². The molecule has 2 N–H and O–H groups in total. The molecule has 0 aliphatic carbocycles. The number of benzene rings is 1. The third-order valence-electron chi connectivity index (χ3n) is 3.44. The summed E-state index contributed by atoms with van der Waals surface area (Å²) in [5, 5.41) is 19.6. The molecule has 4 nitrogen and oxygen atoms in total. The van der Waals surface area contributed by atoms with Crippen molar-refractivity contribution < 1.29 is 10.2 Å². The minimum atomic E-state index is -0.125. The molecular formula is C16H20N2O2. The number of rotatable bonds is 4. The highest BCUT2D eigenvalue weighted by molar-refractivity contribution is 5.56. The van der Waals surface area contributed by atoms with Crippen molar-refractivity contribution >= 4 is 5.69 Å². The quantitative estimate of drug-likeness (QED) is 0.896. The average Bonchev–Trinajstić information content (AvgIpc) is 2.44. The van der Waals surface area contributed by atoms with E-state index < -0.39 is 0 Å². The average molecular weight is 272 g/mol. The van der Waals surface area contributed by atoms with Crippen LogP contribution in [0.15, 0.2) is 30.5 Å². The Hall–Kier alpha value is -2.07. The van der Waals surface area contributed by atoms with Crippen LogP contribution in [0.2, 0.25) is 0 Å². The number of nitrogens with zero attached hydrogens (tertiary/aromatic N) is 2. The first-order valence-corrected chi connectivity index (χ1v) is 6.57. The lowest BCUT2D eigenvalue weighted by atomic mass is 9.98. The molecule has 0 bridgehead atoms. The Morgan fingerprint density at radius 1 is 1.15 bits per heavy atom. The van der Waals surface area contributed by atoms with E-state index in [4.69, 9.17) is 0 Å². The molecule has 0 saturated carbocycles. The lowest BCUT2D eigenvalue weighted by Crippen LogP contribution is -2.12. The van der Waals surface area contributed by atoms with Crippen LogP contribution >= 0.6 is 0 Å². The normalized spacial score (nSPS) is 10.6. The van der Waals surface area contributed by atoms with Gasteiger partial charge in [0.2, 0.25) is 0 Å². The summed E-state index contributed by atoms with van der Waals surface area (Å²) in [5.74, 6) is 0.171. The van der Waals surface area contributed by atoms with Crippen molar-refractivity contribution in [1.82, 2.24) is 4.98 Å². The van der Waals surface area contributed by atoms with E-state index in [1.54, 1.807) is 13.1 Å². The standard InChI is InChI=1S/C16H20N2O2/c1-11-16(20)14(13(10-19)9-17-11)8-12-6-4-5-7-15(12)18(2)3/h4-7,9,19-20H,8,10H2,1-3H3. The molecule has 1 aromatic carbocycles. The number of hydrogen-bond acceptors (Lipinski definition) is 4. The largest absolute Gasteiger partial charge is 0.506 e. The second kappa shape index (κ2) is 5.92. The predicted octanol–water partition coefficient (Wildman–Crippen LogP) is 2.24. The highest BCUT2D eigenvalue weighted by atomic mass is 16.3. The molecule has 0 aliphatic rings. The van der Waals surface area contributed by atoms with E-state index in [0.717, 1.165) is 16.8 Å². The zero-order valence-electron chi connectivity index (χ0n) is 12.1. The van der Waals surface area contributed by atoms with E-state index in [1.807, 2.05) is 43.3 Å². The zero-order valence-corrected chi connectivity index (χ0v) is 12.1. The molecule has 0 radical (unpaired) electrons. The highest BCUT2D eigenvalue weighted by Crippen LogP contribution is 2.29. The first-order chi connectivity index (χ1) is 9.54. The van der Waals surface area contributed by atoms with Gasteiger partial charge in [-0.05, 0) is 18.6 Å². The maximum Gasteiger partial charge on any atom is 0.140 e. The van der Waals surface area contributed by atoms with E-state index in [2.05, 4.69) is 4.98 Å². The molecule has 1 heterocycles. The Kier molecular flexibility index (Phi) is 4.25. The van der Waals surface area contributed by atoms with Crippen molar-refractivity contribution in [2.75, 3.05) is 19.0 Å².